The van der Waals surface area contributed by atoms with E-state index in [1.165, 1.54) is 70.8 Å². The number of rotatable bonds is 3. The lowest BCUT2D eigenvalue weighted by molar-refractivity contribution is 0.100. The number of aryl methyl sites for hydroxylation is 1. The molecular weight excluding hydrogens is 569 g/mol. The Balaban J connectivity index is 0.000000198. The predicted octanol–water partition coefficient (Wildman–Crippen LogP) is 9.80. The van der Waals surface area contributed by atoms with E-state index in [0.29, 0.717) is 27.5 Å². The molecule has 5 rings (SSSR count). The number of amides is 1. The molecule has 1 saturated carbocycles. The maximum atomic E-state index is 11.3. The van der Waals surface area contributed by atoms with Crippen LogP contribution < -0.4 is 17.2 Å². The second kappa shape index (κ2) is 13.2. The van der Waals surface area contributed by atoms with Gasteiger partial charge in [0.2, 0.25) is 0 Å². The molecule has 2 atom stereocenters. The van der Waals surface area contributed by atoms with E-state index in [1.807, 2.05) is 6.07 Å². The van der Waals surface area contributed by atoms with E-state index in [1.54, 1.807) is 5.57 Å². The predicted molar refractivity (Wildman–Crippen MR) is 189 cm³/mol. The summed E-state index contributed by atoms with van der Waals surface area (Å²) in [5.41, 5.74) is 27.1. The Morgan fingerprint density at radius 1 is 1.02 bits per heavy atom. The van der Waals surface area contributed by atoms with Gasteiger partial charge in [0, 0.05) is 22.0 Å². The fraction of sp³-hybridized carbons (Fsp3) is 0.556. The Bertz CT molecular complexity index is 1530. The quantitative estimate of drug-likeness (QED) is 0.253. The fourth-order valence-electron chi connectivity index (χ4n) is 6.44. The van der Waals surface area contributed by atoms with Crippen molar-refractivity contribution in [2.45, 2.75) is 107 Å². The fourth-order valence-corrected chi connectivity index (χ4v) is 8.02. The topological polar surface area (TPSA) is 108 Å². The van der Waals surface area contributed by atoms with Crippen LogP contribution in [-0.2, 0) is 12.8 Å². The van der Waals surface area contributed by atoms with Gasteiger partial charge in [0.25, 0.3) is 5.91 Å². The van der Waals surface area contributed by atoms with Gasteiger partial charge >= 0.3 is 0 Å². The molecule has 0 aliphatic heterocycles. The first kappa shape index (κ1) is 33.3. The number of allylic oxidation sites excluding steroid dienone is 3. The van der Waals surface area contributed by atoms with Crippen molar-refractivity contribution < 1.29 is 4.79 Å². The monoisotopic (exact) mass is 620 g/mol. The van der Waals surface area contributed by atoms with Crippen LogP contribution in [-0.4, -0.2) is 10.9 Å². The summed E-state index contributed by atoms with van der Waals surface area (Å²) in [6.45, 7) is 18.6. The van der Waals surface area contributed by atoms with Crippen molar-refractivity contribution in [1.82, 2.24) is 4.98 Å². The Labute approximate surface area is 267 Å². The third-order valence-corrected chi connectivity index (χ3v) is 11.6. The molecule has 2 unspecified atom stereocenters. The molecule has 0 spiro atoms. The lowest BCUT2D eigenvalue weighted by atomic mass is 9.71. The first-order valence-corrected chi connectivity index (χ1v) is 17.5. The van der Waals surface area contributed by atoms with Crippen LogP contribution in [0.3, 0.4) is 0 Å². The highest BCUT2D eigenvalue weighted by Gasteiger charge is 2.30. The number of aromatic nitrogens is 1. The Hall–Kier alpha value is -2.64. The summed E-state index contributed by atoms with van der Waals surface area (Å²) in [7, 11) is 0. The number of pyridine rings is 1. The van der Waals surface area contributed by atoms with Gasteiger partial charge in [0.15, 0.2) is 0 Å². The number of thiophene rings is 2. The smallest absolute Gasteiger partial charge is 0.258 e. The zero-order chi connectivity index (χ0) is 31.7. The van der Waals surface area contributed by atoms with Gasteiger partial charge < -0.3 is 17.2 Å². The number of hydrogen-bond donors (Lipinski definition) is 3. The number of nitrogens with zero attached hydrogens (tertiary/aromatic N) is 1. The highest BCUT2D eigenvalue weighted by molar-refractivity contribution is 7.20. The van der Waals surface area contributed by atoms with Gasteiger partial charge in [-0.1, -0.05) is 54.0 Å². The molecule has 0 bridgehead atoms. The van der Waals surface area contributed by atoms with Gasteiger partial charge in [-0.2, -0.15) is 0 Å². The number of nitrogen functional groups attached to an aromatic ring is 2. The lowest BCUT2D eigenvalue weighted by Gasteiger charge is -2.34. The molecule has 234 valence electrons. The Morgan fingerprint density at radius 3 is 2.28 bits per heavy atom. The third-order valence-electron chi connectivity index (χ3n) is 9.66. The summed E-state index contributed by atoms with van der Waals surface area (Å²) >= 11 is 2.94. The standard InChI is InChI=1S/C20H32N2S.C16H20N2OS/c1-6-13(2)17-9-7-8-16(20(3,4)5)11-14(17)10-15-12-23-19(22)18(15)21;1-16(2,3)11-4-5-12-9(7-11)6-10-8-13(14(17)19)20-15(10)18-12/h10,12,16H,6-9,11,21-22H2,1-5H3;6,8,11H,4-5,7H2,1-3H3,(H2,17,19)/b14-10-,17-13-;. The molecule has 6 N–H and O–H groups in total. The first-order valence-electron chi connectivity index (χ1n) is 15.8. The number of carbonyl (C=O) groups is 1. The third kappa shape index (κ3) is 7.91. The zero-order valence-electron chi connectivity index (χ0n) is 27.5. The summed E-state index contributed by atoms with van der Waals surface area (Å²) in [5.74, 6) is 1.05. The molecule has 1 amide bonds. The average Bonchev–Trinajstić information content (AvgIpc) is 3.40. The summed E-state index contributed by atoms with van der Waals surface area (Å²) in [4.78, 5) is 17.6. The van der Waals surface area contributed by atoms with Crippen LogP contribution in [0.15, 0.2) is 34.2 Å². The normalized spacial score (nSPS) is 21.6. The number of primary amides is 1. The van der Waals surface area contributed by atoms with E-state index in [4.69, 9.17) is 22.2 Å². The number of carbonyl (C=O) groups excluding carboxylic acids is 1. The van der Waals surface area contributed by atoms with Crippen molar-refractivity contribution in [1.29, 1.82) is 0 Å². The molecule has 5 nitrogen and oxygen atoms in total. The van der Waals surface area contributed by atoms with E-state index in [9.17, 15) is 4.79 Å². The maximum Gasteiger partial charge on any atom is 0.258 e. The van der Waals surface area contributed by atoms with Crippen molar-refractivity contribution >= 4 is 55.6 Å². The molecule has 2 aliphatic carbocycles. The van der Waals surface area contributed by atoms with Crippen molar-refractivity contribution in [2.75, 3.05) is 11.5 Å². The van der Waals surface area contributed by atoms with Crippen LogP contribution in [0, 0.1) is 22.7 Å². The number of nitrogens with two attached hydrogens (primary N) is 3. The van der Waals surface area contributed by atoms with E-state index in [0.717, 1.165) is 52.2 Å². The molecule has 43 heavy (non-hydrogen) atoms. The average molecular weight is 621 g/mol. The van der Waals surface area contributed by atoms with Gasteiger partial charge in [-0.15, -0.1) is 22.7 Å². The van der Waals surface area contributed by atoms with E-state index < -0.39 is 0 Å². The van der Waals surface area contributed by atoms with Gasteiger partial charge in [-0.05, 0) is 116 Å². The van der Waals surface area contributed by atoms with Crippen molar-refractivity contribution in [2.24, 2.45) is 28.4 Å². The van der Waals surface area contributed by atoms with Gasteiger partial charge in [0.1, 0.15) is 9.83 Å². The minimum atomic E-state index is -0.362. The molecule has 0 saturated heterocycles. The van der Waals surface area contributed by atoms with Crippen LogP contribution in [0.5, 0.6) is 0 Å². The summed E-state index contributed by atoms with van der Waals surface area (Å²) < 4.78 is 0. The SMILES string of the molecule is CC(C)(C)C1CCc2nc3sc(C(N)=O)cc3cc2C1.CC/C(C)=C1/CCCC(C(C)(C)C)C/C1=C/c1csc(N)c1N. The molecule has 0 aromatic carbocycles. The van der Waals surface area contributed by atoms with Crippen LogP contribution in [0.25, 0.3) is 16.3 Å². The van der Waals surface area contributed by atoms with Crippen LogP contribution >= 0.6 is 22.7 Å². The maximum absolute atomic E-state index is 11.3. The summed E-state index contributed by atoms with van der Waals surface area (Å²) in [6, 6.07) is 4.08. The molecule has 3 aromatic heterocycles. The van der Waals surface area contributed by atoms with Gasteiger partial charge in [0.05, 0.1) is 10.6 Å². The molecule has 2 aliphatic rings. The second-order valence-corrected chi connectivity index (χ2v) is 16.6. The molecule has 0 radical (unpaired) electrons. The van der Waals surface area contributed by atoms with E-state index >= 15 is 0 Å². The summed E-state index contributed by atoms with van der Waals surface area (Å²) in [5, 5.41) is 3.88. The number of hydrogen-bond acceptors (Lipinski definition) is 6. The summed E-state index contributed by atoms with van der Waals surface area (Å²) in [6.07, 6.45) is 11.7. The van der Waals surface area contributed by atoms with Crippen LogP contribution in [0.4, 0.5) is 10.7 Å². The van der Waals surface area contributed by atoms with Gasteiger partial charge in [-0.25, -0.2) is 4.98 Å². The molecule has 3 heterocycles. The second-order valence-electron chi connectivity index (χ2n) is 14.7. The van der Waals surface area contributed by atoms with Crippen LogP contribution in [0.2, 0.25) is 0 Å². The first-order chi connectivity index (χ1) is 20.1. The van der Waals surface area contributed by atoms with Crippen molar-refractivity contribution in [3.8, 4) is 0 Å². The highest BCUT2D eigenvalue weighted by Crippen LogP contribution is 2.43. The number of fused-ring (bicyclic) bond motifs is 2. The Morgan fingerprint density at radius 2 is 1.70 bits per heavy atom. The van der Waals surface area contributed by atoms with Crippen LogP contribution in [0.1, 0.15) is 120 Å². The van der Waals surface area contributed by atoms with E-state index in [-0.39, 0.29) is 5.91 Å². The highest BCUT2D eigenvalue weighted by atomic mass is 32.1. The van der Waals surface area contributed by atoms with Crippen molar-refractivity contribution in [3.05, 3.63) is 55.9 Å². The largest absolute Gasteiger partial charge is 0.396 e. The zero-order valence-corrected chi connectivity index (χ0v) is 29.2. The number of anilines is 2. The molecule has 3 aromatic rings. The minimum absolute atomic E-state index is 0.333. The Kier molecular flexibility index (Phi) is 10.2. The molecular formula is C36H52N4OS2. The van der Waals surface area contributed by atoms with Gasteiger partial charge in [-0.3, -0.25) is 4.79 Å². The van der Waals surface area contributed by atoms with E-state index in [2.05, 4.69) is 72.9 Å². The van der Waals surface area contributed by atoms with Crippen molar-refractivity contribution in [3.63, 3.8) is 0 Å². The molecule has 1 fully saturated rings. The molecule has 7 heteroatoms. The minimum Gasteiger partial charge on any atom is -0.396 e. The lowest BCUT2D eigenvalue weighted by Crippen LogP contribution is -2.27.